The minimum Gasteiger partial charge on any atom is -0.356 e. The van der Waals surface area contributed by atoms with E-state index in [4.69, 9.17) is 4.99 Å². The van der Waals surface area contributed by atoms with Crippen molar-refractivity contribution in [2.24, 2.45) is 10.4 Å². The van der Waals surface area contributed by atoms with Crippen LogP contribution in [-0.2, 0) is 19.4 Å². The summed E-state index contributed by atoms with van der Waals surface area (Å²) in [6.45, 7) is 15.3. The lowest BCUT2D eigenvalue weighted by molar-refractivity contribution is -0.0667. The van der Waals surface area contributed by atoms with Crippen LogP contribution in [0.15, 0.2) is 4.99 Å². The van der Waals surface area contributed by atoms with E-state index < -0.39 is 0 Å². The van der Waals surface area contributed by atoms with Crippen LogP contribution >= 0.6 is 0 Å². The number of nitrogens with zero attached hydrogens (tertiary/aromatic N) is 5. The minimum atomic E-state index is 0.137. The number of nitrogens with one attached hydrogen (secondary N) is 1. The molecule has 0 aliphatic carbocycles. The fourth-order valence-electron chi connectivity index (χ4n) is 3.95. The molecule has 3 rings (SSSR count). The molecule has 6 heteroatoms. The van der Waals surface area contributed by atoms with E-state index in [0.717, 1.165) is 57.2 Å². The molecule has 0 saturated carbocycles. The molecule has 0 atom stereocenters. The van der Waals surface area contributed by atoms with Gasteiger partial charge < -0.3 is 14.8 Å². The topological polar surface area (TPSA) is 58.3 Å². The van der Waals surface area contributed by atoms with Crippen molar-refractivity contribution in [3.63, 3.8) is 0 Å². The fraction of sp³-hybridized carbons (Fsp3) is 0.850. The number of aromatic nitrogens is 3. The van der Waals surface area contributed by atoms with Crippen LogP contribution in [0.4, 0.5) is 0 Å². The molecule has 0 spiro atoms. The highest BCUT2D eigenvalue weighted by Gasteiger charge is 2.53. The molecule has 2 aliphatic rings. The Hall–Kier alpha value is -1.59. The summed E-state index contributed by atoms with van der Waals surface area (Å²) in [6, 6.07) is 0. The number of aliphatic imine (C=N–C) groups is 1. The molecule has 1 N–H and O–H groups in total. The Bertz CT molecular complexity index is 643. The van der Waals surface area contributed by atoms with E-state index in [1.165, 1.54) is 25.1 Å². The normalized spacial score (nSPS) is 21.7. The maximum atomic E-state index is 4.90. The lowest BCUT2D eigenvalue weighted by Crippen LogP contribution is -2.72. The van der Waals surface area contributed by atoms with E-state index >= 15 is 0 Å². The Labute approximate surface area is 158 Å². The van der Waals surface area contributed by atoms with Gasteiger partial charge in [0.15, 0.2) is 5.96 Å². The number of likely N-dealkylation sites (tertiary alicyclic amines) is 1. The van der Waals surface area contributed by atoms with Gasteiger partial charge in [-0.05, 0) is 40.0 Å². The Morgan fingerprint density at radius 3 is 2.65 bits per heavy atom. The molecular weight excluding hydrogens is 324 g/mol. The summed E-state index contributed by atoms with van der Waals surface area (Å²) in [7, 11) is 0. The van der Waals surface area contributed by atoms with Crippen molar-refractivity contribution in [2.75, 3.05) is 19.6 Å². The van der Waals surface area contributed by atoms with Gasteiger partial charge in [0, 0.05) is 50.0 Å². The summed E-state index contributed by atoms with van der Waals surface area (Å²) >= 11 is 0. The van der Waals surface area contributed by atoms with Gasteiger partial charge in [-0.2, -0.15) is 0 Å². The third-order valence-corrected chi connectivity index (χ3v) is 6.48. The van der Waals surface area contributed by atoms with Crippen molar-refractivity contribution in [1.29, 1.82) is 0 Å². The van der Waals surface area contributed by atoms with Crippen molar-refractivity contribution in [2.45, 2.75) is 85.2 Å². The maximum absolute atomic E-state index is 4.90. The molecule has 0 unspecified atom stereocenters. The first-order chi connectivity index (χ1) is 12.4. The highest BCUT2D eigenvalue weighted by molar-refractivity contribution is 5.82. The second-order valence-corrected chi connectivity index (χ2v) is 8.86. The third kappa shape index (κ3) is 3.60. The summed E-state index contributed by atoms with van der Waals surface area (Å²) in [5, 5.41) is 12.3. The van der Waals surface area contributed by atoms with Gasteiger partial charge in [-0.15, -0.1) is 10.2 Å². The van der Waals surface area contributed by atoms with Crippen LogP contribution in [0, 0.1) is 5.41 Å². The largest absolute Gasteiger partial charge is 0.356 e. The summed E-state index contributed by atoms with van der Waals surface area (Å²) in [4.78, 5) is 7.32. The van der Waals surface area contributed by atoms with E-state index in [9.17, 15) is 0 Å². The average Bonchev–Trinajstić information content (AvgIpc) is 2.82. The van der Waals surface area contributed by atoms with Gasteiger partial charge in [-0.3, -0.25) is 4.99 Å². The molecular formula is C20H36N6. The molecule has 2 aliphatic heterocycles. The second-order valence-electron chi connectivity index (χ2n) is 8.86. The smallest absolute Gasteiger partial charge is 0.194 e. The van der Waals surface area contributed by atoms with Gasteiger partial charge in [0.05, 0.1) is 0 Å². The molecule has 0 bridgehead atoms. The Kier molecular flexibility index (Phi) is 5.58. The molecule has 0 aromatic carbocycles. The van der Waals surface area contributed by atoms with Gasteiger partial charge >= 0.3 is 0 Å². The molecule has 1 aromatic rings. The quantitative estimate of drug-likeness (QED) is 0.498. The van der Waals surface area contributed by atoms with Gasteiger partial charge in [0.1, 0.15) is 11.6 Å². The predicted octanol–water partition coefficient (Wildman–Crippen LogP) is 3.02. The minimum absolute atomic E-state index is 0.137. The van der Waals surface area contributed by atoms with Crippen LogP contribution in [0.5, 0.6) is 0 Å². The average molecular weight is 361 g/mol. The number of hydrogen-bond acceptors (Lipinski definition) is 3. The van der Waals surface area contributed by atoms with Crippen molar-refractivity contribution in [1.82, 2.24) is 25.0 Å². The monoisotopic (exact) mass is 360 g/mol. The van der Waals surface area contributed by atoms with Gasteiger partial charge in [0.2, 0.25) is 0 Å². The summed E-state index contributed by atoms with van der Waals surface area (Å²) in [5.74, 6) is 3.38. The third-order valence-electron chi connectivity index (χ3n) is 6.48. The molecule has 0 amide bonds. The molecule has 6 nitrogen and oxygen atoms in total. The van der Waals surface area contributed by atoms with Crippen molar-refractivity contribution in [3.05, 3.63) is 11.6 Å². The first-order valence-electron chi connectivity index (χ1n) is 10.3. The number of guanidine groups is 1. The number of fused-ring (bicyclic) bond motifs is 1. The fourth-order valence-corrected chi connectivity index (χ4v) is 3.95. The lowest BCUT2D eigenvalue weighted by atomic mass is 9.65. The standard InChI is InChI=1S/C20H36N6/c1-6-21-18(26-15-19(2,3)20(26,4)5)22-13-10-12-17-24-23-16-11-8-7-9-14-25(16)17/h6-15H2,1-5H3,(H,21,22). The molecule has 1 saturated heterocycles. The van der Waals surface area contributed by atoms with Crippen molar-refractivity contribution >= 4 is 5.96 Å². The molecule has 1 aromatic heterocycles. The van der Waals surface area contributed by atoms with Gasteiger partial charge in [0.25, 0.3) is 0 Å². The van der Waals surface area contributed by atoms with Crippen LogP contribution in [0.25, 0.3) is 0 Å². The first-order valence-corrected chi connectivity index (χ1v) is 10.3. The molecule has 3 heterocycles. The summed E-state index contributed by atoms with van der Waals surface area (Å²) in [6.07, 6.45) is 6.86. The zero-order valence-electron chi connectivity index (χ0n) is 17.3. The van der Waals surface area contributed by atoms with Crippen molar-refractivity contribution in [3.8, 4) is 0 Å². The Morgan fingerprint density at radius 1 is 1.15 bits per heavy atom. The maximum Gasteiger partial charge on any atom is 0.194 e. The SMILES string of the molecule is CCNC(=NCCCc1nnc2n1CCCCC2)N1CC(C)(C)C1(C)C. The van der Waals surface area contributed by atoms with Gasteiger partial charge in [-0.25, -0.2) is 0 Å². The predicted molar refractivity (Wildman–Crippen MR) is 106 cm³/mol. The Morgan fingerprint density at radius 2 is 1.96 bits per heavy atom. The molecule has 1 fully saturated rings. The second kappa shape index (κ2) is 7.57. The number of rotatable bonds is 5. The van der Waals surface area contributed by atoms with E-state index in [-0.39, 0.29) is 5.54 Å². The van der Waals surface area contributed by atoms with Crippen LogP contribution in [-0.4, -0.2) is 50.8 Å². The van der Waals surface area contributed by atoms with Crippen molar-refractivity contribution < 1.29 is 0 Å². The highest BCUT2D eigenvalue weighted by Crippen LogP contribution is 2.46. The van der Waals surface area contributed by atoms with E-state index in [2.05, 4.69) is 59.6 Å². The van der Waals surface area contributed by atoms with E-state index in [1.807, 2.05) is 0 Å². The zero-order valence-corrected chi connectivity index (χ0v) is 17.3. The van der Waals surface area contributed by atoms with E-state index in [1.54, 1.807) is 0 Å². The van der Waals surface area contributed by atoms with Gasteiger partial charge in [-0.1, -0.05) is 20.3 Å². The molecule has 146 valence electrons. The summed E-state index contributed by atoms with van der Waals surface area (Å²) < 4.78 is 2.35. The zero-order chi connectivity index (χ0) is 18.8. The van der Waals surface area contributed by atoms with Crippen LogP contribution in [0.1, 0.15) is 72.0 Å². The first kappa shape index (κ1) is 19.2. The van der Waals surface area contributed by atoms with E-state index in [0.29, 0.717) is 5.41 Å². The lowest BCUT2D eigenvalue weighted by Gasteiger charge is -2.62. The van der Waals surface area contributed by atoms with Crippen LogP contribution in [0.3, 0.4) is 0 Å². The Balaban J connectivity index is 1.58. The van der Waals surface area contributed by atoms with Crippen LogP contribution < -0.4 is 5.32 Å². The van der Waals surface area contributed by atoms with Crippen LogP contribution in [0.2, 0.25) is 0 Å². The number of hydrogen-bond donors (Lipinski definition) is 1. The summed E-state index contributed by atoms with van der Waals surface area (Å²) in [5.41, 5.74) is 0.459. The number of aryl methyl sites for hydroxylation is 2. The molecule has 26 heavy (non-hydrogen) atoms. The highest BCUT2D eigenvalue weighted by atomic mass is 15.4. The molecule has 0 radical (unpaired) electrons.